The van der Waals surface area contributed by atoms with Crippen LogP contribution in [0.25, 0.3) is 0 Å². The summed E-state index contributed by atoms with van der Waals surface area (Å²) in [5, 5.41) is 3.02. The van der Waals surface area contributed by atoms with Crippen molar-refractivity contribution >= 4 is 29.3 Å². The highest BCUT2D eigenvalue weighted by molar-refractivity contribution is 7.99. The predicted molar refractivity (Wildman–Crippen MR) is 134 cm³/mol. The van der Waals surface area contributed by atoms with Crippen molar-refractivity contribution in [2.75, 3.05) is 57.7 Å². The second kappa shape index (κ2) is 11.2. The van der Waals surface area contributed by atoms with Crippen LogP contribution in [-0.2, 0) is 9.59 Å². The molecule has 4 rings (SSSR count). The molecule has 33 heavy (non-hydrogen) atoms. The molecule has 176 valence electrons. The molecule has 0 unspecified atom stereocenters. The highest BCUT2D eigenvalue weighted by Gasteiger charge is 2.24. The molecule has 1 N–H and O–H groups in total. The van der Waals surface area contributed by atoms with Crippen LogP contribution in [-0.4, -0.2) is 78.9 Å². The molecule has 6 nitrogen and oxygen atoms in total. The molecule has 0 atom stereocenters. The van der Waals surface area contributed by atoms with Crippen molar-refractivity contribution in [2.24, 2.45) is 0 Å². The van der Waals surface area contributed by atoms with Gasteiger partial charge in [0.05, 0.1) is 13.1 Å². The summed E-state index contributed by atoms with van der Waals surface area (Å²) in [5.41, 5.74) is 3.34. The molecule has 2 aromatic rings. The maximum absolute atomic E-state index is 12.5. The molecule has 2 aromatic carbocycles. The SMILES string of the molecule is Cc1ccc(C)c(Sc2ccc(NC(=O)CN3CCN(CC(=O)N4CCCC4)CC3)cc2)c1. The molecule has 2 fully saturated rings. The summed E-state index contributed by atoms with van der Waals surface area (Å²) in [5.74, 6) is 0.254. The Morgan fingerprint density at radius 1 is 0.848 bits per heavy atom. The van der Waals surface area contributed by atoms with Crippen molar-refractivity contribution in [1.82, 2.24) is 14.7 Å². The monoisotopic (exact) mass is 466 g/mol. The predicted octanol–water partition coefficient (Wildman–Crippen LogP) is 3.63. The van der Waals surface area contributed by atoms with Gasteiger partial charge in [-0.3, -0.25) is 19.4 Å². The Balaban J connectivity index is 1.20. The van der Waals surface area contributed by atoms with Gasteiger partial charge in [0.1, 0.15) is 0 Å². The van der Waals surface area contributed by atoms with E-state index in [1.54, 1.807) is 11.8 Å². The Morgan fingerprint density at radius 3 is 2.15 bits per heavy atom. The lowest BCUT2D eigenvalue weighted by atomic mass is 10.2. The normalized spacial score (nSPS) is 17.3. The minimum atomic E-state index is 0.00604. The standard InChI is InChI=1S/C26H34N4O2S/c1-20-5-6-21(2)24(17-20)33-23-9-7-22(8-10-23)27-25(31)18-28-13-15-29(16-14-28)19-26(32)30-11-3-4-12-30/h5-10,17H,3-4,11-16,18-19H2,1-2H3,(H,27,31). The highest BCUT2D eigenvalue weighted by atomic mass is 32.2. The Hall–Kier alpha value is -2.35. The van der Waals surface area contributed by atoms with E-state index in [1.807, 2.05) is 17.0 Å². The minimum Gasteiger partial charge on any atom is -0.342 e. The zero-order valence-electron chi connectivity index (χ0n) is 19.7. The third-order valence-corrected chi connectivity index (χ3v) is 7.53. The summed E-state index contributed by atoms with van der Waals surface area (Å²) < 4.78 is 0. The van der Waals surface area contributed by atoms with Crippen molar-refractivity contribution in [1.29, 1.82) is 0 Å². The number of nitrogens with one attached hydrogen (secondary N) is 1. The number of hydrogen-bond acceptors (Lipinski definition) is 5. The van der Waals surface area contributed by atoms with Crippen LogP contribution in [0.15, 0.2) is 52.3 Å². The third-order valence-electron chi connectivity index (χ3n) is 6.36. The van der Waals surface area contributed by atoms with Crippen molar-refractivity contribution in [3.05, 3.63) is 53.6 Å². The van der Waals surface area contributed by atoms with Gasteiger partial charge in [0.15, 0.2) is 0 Å². The molecule has 0 aromatic heterocycles. The molecular weight excluding hydrogens is 432 g/mol. The van der Waals surface area contributed by atoms with E-state index in [2.05, 4.69) is 59.3 Å². The lowest BCUT2D eigenvalue weighted by Gasteiger charge is -2.34. The summed E-state index contributed by atoms with van der Waals surface area (Å²) in [7, 11) is 0. The molecule has 7 heteroatoms. The van der Waals surface area contributed by atoms with Gasteiger partial charge >= 0.3 is 0 Å². The molecule has 0 saturated carbocycles. The molecular formula is C26H34N4O2S. The first-order valence-corrected chi connectivity index (χ1v) is 12.7. The van der Waals surface area contributed by atoms with E-state index >= 15 is 0 Å². The topological polar surface area (TPSA) is 55.9 Å². The Kier molecular flexibility index (Phi) is 8.06. The maximum Gasteiger partial charge on any atom is 0.238 e. The van der Waals surface area contributed by atoms with Crippen molar-refractivity contribution in [3.8, 4) is 0 Å². The van der Waals surface area contributed by atoms with Crippen LogP contribution < -0.4 is 5.32 Å². The van der Waals surface area contributed by atoms with E-state index in [4.69, 9.17) is 0 Å². The van der Waals surface area contributed by atoms with Crippen LogP contribution in [0.3, 0.4) is 0 Å². The fraction of sp³-hybridized carbons (Fsp3) is 0.462. The molecule has 2 heterocycles. The number of anilines is 1. The van der Waals surface area contributed by atoms with Gasteiger partial charge in [-0.25, -0.2) is 0 Å². The van der Waals surface area contributed by atoms with Gasteiger partial charge in [0.25, 0.3) is 0 Å². The molecule has 0 aliphatic carbocycles. The van der Waals surface area contributed by atoms with Crippen LogP contribution in [0.4, 0.5) is 5.69 Å². The van der Waals surface area contributed by atoms with E-state index in [9.17, 15) is 9.59 Å². The highest BCUT2D eigenvalue weighted by Crippen LogP contribution is 2.31. The van der Waals surface area contributed by atoms with Crippen LogP contribution in [0, 0.1) is 13.8 Å². The second-order valence-electron chi connectivity index (χ2n) is 9.08. The smallest absolute Gasteiger partial charge is 0.238 e. The molecule has 2 aliphatic rings. The maximum atomic E-state index is 12.5. The van der Waals surface area contributed by atoms with E-state index in [0.29, 0.717) is 13.1 Å². The number of aryl methyl sites for hydroxylation is 2. The summed E-state index contributed by atoms with van der Waals surface area (Å²) in [6.07, 6.45) is 2.26. The third kappa shape index (κ3) is 6.82. The first-order valence-electron chi connectivity index (χ1n) is 11.8. The molecule has 0 radical (unpaired) electrons. The number of carbonyl (C=O) groups is 2. The average Bonchev–Trinajstić information content (AvgIpc) is 3.34. The average molecular weight is 467 g/mol. The molecule has 2 aliphatic heterocycles. The molecule has 2 amide bonds. The summed E-state index contributed by atoms with van der Waals surface area (Å²) in [6, 6.07) is 14.5. The van der Waals surface area contributed by atoms with Gasteiger partial charge in [-0.2, -0.15) is 0 Å². The number of rotatable bonds is 7. The van der Waals surface area contributed by atoms with Gasteiger partial charge in [0.2, 0.25) is 11.8 Å². The van der Waals surface area contributed by atoms with E-state index in [0.717, 1.165) is 62.7 Å². The number of piperazine rings is 1. The van der Waals surface area contributed by atoms with E-state index < -0.39 is 0 Å². The first-order chi connectivity index (χ1) is 16.0. The fourth-order valence-electron chi connectivity index (χ4n) is 4.32. The number of amides is 2. The van der Waals surface area contributed by atoms with Crippen LogP contribution in [0.2, 0.25) is 0 Å². The van der Waals surface area contributed by atoms with Crippen LogP contribution in [0.1, 0.15) is 24.0 Å². The lowest BCUT2D eigenvalue weighted by Crippen LogP contribution is -2.51. The quantitative estimate of drug-likeness (QED) is 0.675. The fourth-order valence-corrected chi connectivity index (χ4v) is 5.32. The number of benzene rings is 2. The Bertz CT molecular complexity index is 965. The largest absolute Gasteiger partial charge is 0.342 e. The van der Waals surface area contributed by atoms with Crippen molar-refractivity contribution < 1.29 is 9.59 Å². The number of likely N-dealkylation sites (tertiary alicyclic amines) is 1. The summed E-state index contributed by atoms with van der Waals surface area (Å²) in [6.45, 7) is 10.2. The molecule has 0 spiro atoms. The van der Waals surface area contributed by atoms with Crippen molar-refractivity contribution in [2.45, 2.75) is 36.5 Å². The summed E-state index contributed by atoms with van der Waals surface area (Å²) in [4.78, 5) is 33.6. The zero-order valence-corrected chi connectivity index (χ0v) is 20.5. The number of hydrogen-bond donors (Lipinski definition) is 1. The lowest BCUT2D eigenvalue weighted by molar-refractivity contribution is -0.132. The van der Waals surface area contributed by atoms with E-state index in [1.165, 1.54) is 16.0 Å². The van der Waals surface area contributed by atoms with Gasteiger partial charge in [-0.05, 0) is 68.1 Å². The van der Waals surface area contributed by atoms with Crippen molar-refractivity contribution in [3.63, 3.8) is 0 Å². The van der Waals surface area contributed by atoms with Crippen LogP contribution in [0.5, 0.6) is 0 Å². The Labute approximate surface area is 201 Å². The van der Waals surface area contributed by atoms with Crippen LogP contribution >= 0.6 is 11.8 Å². The van der Waals surface area contributed by atoms with Gasteiger partial charge in [-0.15, -0.1) is 0 Å². The van der Waals surface area contributed by atoms with Gasteiger partial charge in [0, 0.05) is 54.7 Å². The molecule has 0 bridgehead atoms. The zero-order chi connectivity index (χ0) is 23.2. The molecule has 2 saturated heterocycles. The first kappa shape index (κ1) is 23.8. The number of carbonyl (C=O) groups excluding carboxylic acids is 2. The number of nitrogens with zero attached hydrogens (tertiary/aromatic N) is 3. The van der Waals surface area contributed by atoms with E-state index in [-0.39, 0.29) is 11.8 Å². The Morgan fingerprint density at radius 2 is 1.48 bits per heavy atom. The summed E-state index contributed by atoms with van der Waals surface area (Å²) >= 11 is 1.74. The van der Waals surface area contributed by atoms with Gasteiger partial charge in [-0.1, -0.05) is 23.9 Å². The van der Waals surface area contributed by atoms with Gasteiger partial charge < -0.3 is 10.2 Å². The minimum absolute atomic E-state index is 0.00604. The second-order valence-corrected chi connectivity index (χ2v) is 10.2.